The van der Waals surface area contributed by atoms with Crippen LogP contribution in [0.3, 0.4) is 0 Å². The van der Waals surface area contributed by atoms with E-state index in [4.69, 9.17) is 4.74 Å². The predicted octanol–water partition coefficient (Wildman–Crippen LogP) is 1.64. The molecule has 23 heavy (non-hydrogen) atoms. The van der Waals surface area contributed by atoms with Gasteiger partial charge in [-0.15, -0.1) is 10.2 Å². The van der Waals surface area contributed by atoms with Gasteiger partial charge in [-0.1, -0.05) is 22.6 Å². The highest BCUT2D eigenvalue weighted by Gasteiger charge is 2.38. The molecule has 120 valence electrons. The molecule has 0 aromatic carbocycles. The number of nitrogens with one attached hydrogen (secondary N) is 2. The van der Waals surface area contributed by atoms with Crippen LogP contribution < -0.4 is 5.32 Å². The number of aromatic nitrogens is 5. The molecule has 2 aliphatic rings. The number of hydrogen-bond donors (Lipinski definition) is 2. The molecular formula is C15H17IN6O. The molecule has 7 nitrogen and oxygen atoms in total. The Bertz CT molecular complexity index is 856. The molecule has 4 heterocycles. The van der Waals surface area contributed by atoms with Gasteiger partial charge in [-0.3, -0.25) is 4.40 Å². The average Bonchev–Trinajstić information content (AvgIpc) is 3.19. The van der Waals surface area contributed by atoms with Gasteiger partial charge in [0.25, 0.3) is 0 Å². The number of nitrogens with zero attached hydrogens (tertiary/aromatic N) is 4. The molecule has 3 aromatic heterocycles. The molecule has 3 atom stereocenters. The van der Waals surface area contributed by atoms with Crippen molar-refractivity contribution in [3.05, 3.63) is 24.3 Å². The molecule has 0 amide bonds. The lowest BCUT2D eigenvalue weighted by Crippen LogP contribution is -2.49. The molecule has 2 N–H and O–H groups in total. The first-order valence-corrected chi connectivity index (χ1v) is 9.19. The number of alkyl halides is 1. The second-order valence-electron chi connectivity index (χ2n) is 6.41. The van der Waals surface area contributed by atoms with Crippen molar-refractivity contribution in [3.8, 4) is 0 Å². The van der Waals surface area contributed by atoms with Gasteiger partial charge in [0.2, 0.25) is 0 Å². The maximum Gasteiger partial charge on any atom is 0.179 e. The van der Waals surface area contributed by atoms with Crippen LogP contribution in [-0.4, -0.2) is 53.8 Å². The largest absolute Gasteiger partial charge is 0.378 e. The van der Waals surface area contributed by atoms with E-state index in [2.05, 4.69) is 52.5 Å². The number of rotatable bonds is 3. The minimum Gasteiger partial charge on any atom is -0.378 e. The molecule has 2 fully saturated rings. The molecule has 1 aliphatic heterocycles. The van der Waals surface area contributed by atoms with Crippen LogP contribution >= 0.6 is 22.6 Å². The SMILES string of the molecule is I[C@@H]1C[C@H](NC2COC2)CC1c1nnc2cnc3[nH]ccc3n12. The van der Waals surface area contributed by atoms with Crippen molar-refractivity contribution >= 4 is 39.4 Å². The Morgan fingerprint density at radius 3 is 3.00 bits per heavy atom. The number of H-pyrrole nitrogens is 1. The van der Waals surface area contributed by atoms with Crippen LogP contribution in [0.2, 0.25) is 0 Å². The zero-order chi connectivity index (χ0) is 15.4. The summed E-state index contributed by atoms with van der Waals surface area (Å²) < 4.78 is 7.98. The van der Waals surface area contributed by atoms with Crippen molar-refractivity contribution in [1.29, 1.82) is 0 Å². The van der Waals surface area contributed by atoms with E-state index in [-0.39, 0.29) is 0 Å². The normalized spacial score (nSPS) is 28.7. The average molecular weight is 424 g/mol. The van der Waals surface area contributed by atoms with Crippen molar-refractivity contribution in [2.24, 2.45) is 0 Å². The van der Waals surface area contributed by atoms with Crippen molar-refractivity contribution in [1.82, 2.24) is 29.9 Å². The number of fused-ring (bicyclic) bond motifs is 3. The first-order chi connectivity index (χ1) is 11.3. The Labute approximate surface area is 146 Å². The minimum absolute atomic E-state index is 0.407. The molecular weight excluding hydrogens is 407 g/mol. The van der Waals surface area contributed by atoms with E-state index in [1.807, 2.05) is 12.3 Å². The highest BCUT2D eigenvalue weighted by molar-refractivity contribution is 14.1. The van der Waals surface area contributed by atoms with Gasteiger partial charge in [-0.25, -0.2) is 4.98 Å². The lowest BCUT2D eigenvalue weighted by Gasteiger charge is -2.30. The van der Waals surface area contributed by atoms with Crippen LogP contribution in [0.1, 0.15) is 24.6 Å². The van der Waals surface area contributed by atoms with Crippen molar-refractivity contribution < 1.29 is 4.74 Å². The van der Waals surface area contributed by atoms with E-state index in [0.717, 1.165) is 48.7 Å². The monoisotopic (exact) mass is 424 g/mol. The van der Waals surface area contributed by atoms with E-state index in [1.54, 1.807) is 6.20 Å². The topological polar surface area (TPSA) is 80.1 Å². The quantitative estimate of drug-likeness (QED) is 0.494. The molecule has 3 aromatic rings. The van der Waals surface area contributed by atoms with E-state index in [9.17, 15) is 0 Å². The zero-order valence-electron chi connectivity index (χ0n) is 12.4. The third-order valence-corrected chi connectivity index (χ3v) is 6.27. The molecule has 1 saturated carbocycles. The predicted molar refractivity (Wildman–Crippen MR) is 94.0 cm³/mol. The highest BCUT2D eigenvalue weighted by Crippen LogP contribution is 2.39. The maximum atomic E-state index is 5.27. The van der Waals surface area contributed by atoms with Gasteiger partial charge in [0.05, 0.1) is 31.0 Å². The van der Waals surface area contributed by atoms with Crippen molar-refractivity contribution in [2.75, 3.05) is 13.2 Å². The maximum absolute atomic E-state index is 5.27. The lowest BCUT2D eigenvalue weighted by atomic mass is 10.1. The molecule has 1 saturated heterocycles. The van der Waals surface area contributed by atoms with Crippen molar-refractivity contribution in [3.63, 3.8) is 0 Å². The van der Waals surface area contributed by atoms with Gasteiger partial charge in [-0.2, -0.15) is 0 Å². The number of ether oxygens (including phenoxy) is 1. The molecule has 0 spiro atoms. The number of halogens is 1. The second kappa shape index (κ2) is 5.38. The molecule has 0 radical (unpaired) electrons. The molecule has 8 heteroatoms. The van der Waals surface area contributed by atoms with E-state index in [0.29, 0.717) is 21.9 Å². The van der Waals surface area contributed by atoms with Gasteiger partial charge < -0.3 is 15.0 Å². The highest BCUT2D eigenvalue weighted by atomic mass is 127. The smallest absolute Gasteiger partial charge is 0.179 e. The Kier molecular flexibility index (Phi) is 3.30. The second-order valence-corrected chi connectivity index (χ2v) is 8.01. The van der Waals surface area contributed by atoms with Gasteiger partial charge in [-0.05, 0) is 18.9 Å². The summed E-state index contributed by atoms with van der Waals surface area (Å²) in [5.41, 5.74) is 2.75. The first-order valence-electron chi connectivity index (χ1n) is 7.94. The molecule has 1 unspecified atom stereocenters. The summed E-state index contributed by atoms with van der Waals surface area (Å²) in [7, 11) is 0. The van der Waals surface area contributed by atoms with Gasteiger partial charge in [0.15, 0.2) is 11.3 Å². The van der Waals surface area contributed by atoms with E-state index in [1.165, 1.54) is 0 Å². The van der Waals surface area contributed by atoms with E-state index < -0.39 is 0 Å². The zero-order valence-corrected chi connectivity index (χ0v) is 14.6. The van der Waals surface area contributed by atoms with Crippen LogP contribution in [0.4, 0.5) is 0 Å². The third-order valence-electron chi connectivity index (χ3n) is 4.89. The van der Waals surface area contributed by atoms with Gasteiger partial charge in [0.1, 0.15) is 5.82 Å². The summed E-state index contributed by atoms with van der Waals surface area (Å²) in [6.45, 7) is 1.69. The van der Waals surface area contributed by atoms with E-state index >= 15 is 0 Å². The van der Waals surface area contributed by atoms with Crippen LogP contribution in [0.25, 0.3) is 16.8 Å². The third kappa shape index (κ3) is 2.26. The molecule has 0 bridgehead atoms. The molecule has 1 aliphatic carbocycles. The fourth-order valence-electron chi connectivity index (χ4n) is 3.69. The summed E-state index contributed by atoms with van der Waals surface area (Å²) in [4.78, 5) is 7.56. The molecule has 5 rings (SSSR count). The Balaban J connectivity index is 1.51. The number of hydrogen-bond acceptors (Lipinski definition) is 5. The van der Waals surface area contributed by atoms with Crippen LogP contribution in [0, 0.1) is 0 Å². The summed E-state index contributed by atoms with van der Waals surface area (Å²) in [5, 5.41) is 12.6. The van der Waals surface area contributed by atoms with Crippen molar-refractivity contribution in [2.45, 2.75) is 34.8 Å². The standard InChI is InChI=1S/C15H17IN6O/c16-11-4-8(19-9-6-23-7-9)3-10(11)15-21-20-13-5-18-14-12(22(13)15)1-2-17-14/h1-2,5,8-11,17,19H,3-4,6-7H2/t8-,10?,11-/m1/s1. The summed E-state index contributed by atoms with van der Waals surface area (Å²) in [5.74, 6) is 1.46. The fourth-order valence-corrected chi connectivity index (χ4v) is 4.92. The minimum atomic E-state index is 0.407. The summed E-state index contributed by atoms with van der Waals surface area (Å²) in [6, 6.07) is 3.10. The Morgan fingerprint density at radius 1 is 1.26 bits per heavy atom. The van der Waals surface area contributed by atoms with Gasteiger partial charge >= 0.3 is 0 Å². The Hall–Kier alpha value is -1.26. The Morgan fingerprint density at radius 2 is 2.17 bits per heavy atom. The van der Waals surface area contributed by atoms with Crippen LogP contribution in [-0.2, 0) is 4.74 Å². The summed E-state index contributed by atoms with van der Waals surface area (Å²) in [6.07, 6.45) is 5.96. The fraction of sp³-hybridized carbons (Fsp3) is 0.533. The summed E-state index contributed by atoms with van der Waals surface area (Å²) >= 11 is 2.57. The first kappa shape index (κ1) is 14.1. The number of aromatic amines is 1. The van der Waals surface area contributed by atoms with Crippen LogP contribution in [0.15, 0.2) is 18.5 Å². The van der Waals surface area contributed by atoms with Crippen LogP contribution in [0.5, 0.6) is 0 Å². The van der Waals surface area contributed by atoms with Gasteiger partial charge in [0, 0.05) is 22.1 Å². The lowest BCUT2D eigenvalue weighted by molar-refractivity contribution is -0.00968.